The summed E-state index contributed by atoms with van der Waals surface area (Å²) in [7, 11) is 0. The number of benzene rings is 1. The fraction of sp³-hybridized carbons (Fsp3) is 0.333. The first kappa shape index (κ1) is 20.5. The fourth-order valence-corrected chi connectivity index (χ4v) is 4.02. The highest BCUT2D eigenvalue weighted by Crippen LogP contribution is 2.56. The van der Waals surface area contributed by atoms with E-state index in [1.54, 1.807) is 32.0 Å². The van der Waals surface area contributed by atoms with Crippen LogP contribution in [0.2, 0.25) is 0 Å². The average molecular weight is 427 g/mol. The van der Waals surface area contributed by atoms with Gasteiger partial charge in [-0.1, -0.05) is 18.2 Å². The molecule has 160 valence electrons. The number of aliphatic imine (C=N–C) groups is 1. The zero-order chi connectivity index (χ0) is 22.4. The second kappa shape index (κ2) is 6.91. The van der Waals surface area contributed by atoms with Gasteiger partial charge in [-0.3, -0.25) is 4.79 Å². The van der Waals surface area contributed by atoms with Crippen LogP contribution in [0.15, 0.2) is 47.6 Å². The van der Waals surface area contributed by atoms with Crippen LogP contribution in [0.4, 0.5) is 8.78 Å². The summed E-state index contributed by atoms with van der Waals surface area (Å²) in [5, 5.41) is 11.3. The number of amidine groups is 1. The molecule has 31 heavy (non-hydrogen) atoms. The number of hydrogen-bond donors (Lipinski definition) is 2. The number of nitrogens with two attached hydrogens (primary N) is 1. The summed E-state index contributed by atoms with van der Waals surface area (Å²) in [6.07, 6.45) is -1.08. The molecule has 0 saturated heterocycles. The van der Waals surface area contributed by atoms with Crippen LogP contribution in [-0.2, 0) is 10.3 Å². The van der Waals surface area contributed by atoms with Crippen molar-refractivity contribution < 1.29 is 23.0 Å². The van der Waals surface area contributed by atoms with Crippen LogP contribution < -0.4 is 15.8 Å². The number of alkyl halides is 2. The Morgan fingerprint density at radius 2 is 2.03 bits per heavy atom. The number of halogens is 2. The number of carbonyl (C=O) groups excluding carboxylic acids is 1. The number of aromatic nitrogens is 1. The lowest BCUT2D eigenvalue weighted by atomic mass is 9.72. The van der Waals surface area contributed by atoms with E-state index in [0.717, 1.165) is 0 Å². The van der Waals surface area contributed by atoms with Gasteiger partial charge in [-0.25, -0.2) is 9.98 Å². The minimum Gasteiger partial charge on any atom is -0.487 e. The van der Waals surface area contributed by atoms with E-state index in [0.29, 0.717) is 0 Å². The van der Waals surface area contributed by atoms with Gasteiger partial charge in [-0.15, -0.1) is 0 Å². The normalized spacial score (nSPS) is 25.3. The SMILES string of the molecule is CC1(C)C[C@@]2(N=C(N)OC(NC(=O)c3ncccc3C#N)C2(F)F)c2ccccc2O1. The van der Waals surface area contributed by atoms with Gasteiger partial charge in [-0.2, -0.15) is 14.0 Å². The molecule has 3 heterocycles. The number of nitrogens with zero attached hydrogens (tertiary/aromatic N) is 3. The van der Waals surface area contributed by atoms with Gasteiger partial charge in [0.2, 0.25) is 6.23 Å². The minimum atomic E-state index is -3.72. The first-order valence-corrected chi connectivity index (χ1v) is 9.44. The summed E-state index contributed by atoms with van der Waals surface area (Å²) in [5.41, 5.74) is 2.45. The lowest BCUT2D eigenvalue weighted by molar-refractivity contribution is -0.192. The Bertz CT molecular complexity index is 1130. The Balaban J connectivity index is 1.79. The van der Waals surface area contributed by atoms with Gasteiger partial charge in [0.1, 0.15) is 23.1 Å². The molecule has 0 bridgehead atoms. The van der Waals surface area contributed by atoms with Gasteiger partial charge in [0.05, 0.1) is 5.56 Å². The largest absolute Gasteiger partial charge is 0.487 e. The van der Waals surface area contributed by atoms with Crippen LogP contribution in [0.25, 0.3) is 0 Å². The van der Waals surface area contributed by atoms with Crippen LogP contribution in [0, 0.1) is 11.3 Å². The second-order valence-corrected chi connectivity index (χ2v) is 7.95. The standard InChI is InChI=1S/C21H19F2N5O3/c1-19(2)11-20(13-7-3-4-8-14(13)31-19)21(22,23)17(30-18(25)28-20)27-16(29)15-12(10-24)6-5-9-26-15/h3-9,17H,11H2,1-2H3,(H2,25,28)(H,27,29)/t17?,20-/m1/s1. The van der Waals surface area contributed by atoms with Gasteiger partial charge in [0.15, 0.2) is 5.54 Å². The maximum atomic E-state index is 16.0. The molecule has 0 fully saturated rings. The third-order valence-electron chi connectivity index (χ3n) is 5.23. The predicted molar refractivity (Wildman–Crippen MR) is 105 cm³/mol. The smallest absolute Gasteiger partial charge is 0.331 e. The lowest BCUT2D eigenvalue weighted by Gasteiger charge is -2.50. The Labute approximate surface area is 176 Å². The summed E-state index contributed by atoms with van der Waals surface area (Å²) in [6, 6.07) is 10.5. The highest BCUT2D eigenvalue weighted by atomic mass is 19.3. The van der Waals surface area contributed by atoms with Gasteiger partial charge in [-0.05, 0) is 32.0 Å². The Hall–Kier alpha value is -3.74. The number of nitrogens with one attached hydrogen (secondary N) is 1. The van der Waals surface area contributed by atoms with Crippen molar-refractivity contribution in [3.05, 3.63) is 59.4 Å². The number of para-hydroxylation sites is 1. The number of ether oxygens (including phenoxy) is 2. The van der Waals surface area contributed by atoms with Crippen molar-refractivity contribution in [1.29, 1.82) is 5.26 Å². The highest BCUT2D eigenvalue weighted by molar-refractivity contribution is 5.95. The number of nitriles is 1. The first-order valence-electron chi connectivity index (χ1n) is 9.44. The molecule has 1 amide bonds. The van der Waals surface area contributed by atoms with Crippen LogP contribution in [0.3, 0.4) is 0 Å². The zero-order valence-corrected chi connectivity index (χ0v) is 16.7. The maximum absolute atomic E-state index is 16.0. The molecule has 1 aromatic carbocycles. The summed E-state index contributed by atoms with van der Waals surface area (Å²) >= 11 is 0. The van der Waals surface area contributed by atoms with Gasteiger partial charge in [0, 0.05) is 18.2 Å². The third-order valence-corrected chi connectivity index (χ3v) is 5.23. The number of rotatable bonds is 2. The number of hydrogen-bond acceptors (Lipinski definition) is 7. The number of fused-ring (bicyclic) bond motifs is 2. The van der Waals surface area contributed by atoms with Crippen molar-refractivity contribution in [2.45, 2.75) is 43.6 Å². The van der Waals surface area contributed by atoms with Crippen LogP contribution in [0.5, 0.6) is 5.75 Å². The third kappa shape index (κ3) is 3.22. The number of carbonyl (C=O) groups is 1. The Morgan fingerprint density at radius 3 is 2.77 bits per heavy atom. The molecule has 0 saturated carbocycles. The van der Waals surface area contributed by atoms with E-state index in [2.05, 4.69) is 15.3 Å². The molecule has 2 aliphatic heterocycles. The van der Waals surface area contributed by atoms with Crippen molar-refractivity contribution in [2.24, 2.45) is 10.7 Å². The average Bonchev–Trinajstić information content (AvgIpc) is 2.71. The van der Waals surface area contributed by atoms with E-state index < -0.39 is 35.2 Å². The molecular weight excluding hydrogens is 408 g/mol. The molecule has 3 N–H and O–H groups in total. The lowest BCUT2D eigenvalue weighted by Crippen LogP contribution is -2.66. The van der Waals surface area contributed by atoms with E-state index in [1.807, 2.05) is 6.07 Å². The molecule has 1 spiro atoms. The monoisotopic (exact) mass is 427 g/mol. The Morgan fingerprint density at radius 1 is 1.29 bits per heavy atom. The van der Waals surface area contributed by atoms with Gasteiger partial charge >= 0.3 is 5.92 Å². The molecule has 4 rings (SSSR count). The molecule has 2 atom stereocenters. The van der Waals surface area contributed by atoms with E-state index in [1.165, 1.54) is 24.4 Å². The van der Waals surface area contributed by atoms with E-state index in [9.17, 15) is 10.1 Å². The van der Waals surface area contributed by atoms with E-state index in [-0.39, 0.29) is 29.0 Å². The molecule has 1 unspecified atom stereocenters. The van der Waals surface area contributed by atoms with Crippen LogP contribution in [0.1, 0.15) is 41.9 Å². The minimum absolute atomic E-state index is 0.0620. The fourth-order valence-electron chi connectivity index (χ4n) is 4.02. The molecule has 8 nitrogen and oxygen atoms in total. The summed E-state index contributed by atoms with van der Waals surface area (Å²) < 4.78 is 43.0. The molecule has 2 aliphatic rings. The number of pyridine rings is 1. The molecule has 1 aromatic heterocycles. The van der Waals surface area contributed by atoms with Crippen molar-refractivity contribution in [3.8, 4) is 11.8 Å². The summed E-state index contributed by atoms with van der Waals surface area (Å²) in [5.74, 6) is -4.46. The van der Waals surface area contributed by atoms with Gasteiger partial charge in [0.25, 0.3) is 11.9 Å². The van der Waals surface area contributed by atoms with E-state index >= 15 is 8.78 Å². The quantitative estimate of drug-likeness (QED) is 0.759. The molecule has 2 aromatic rings. The van der Waals surface area contributed by atoms with E-state index in [4.69, 9.17) is 15.2 Å². The maximum Gasteiger partial charge on any atom is 0.331 e. The Kier molecular flexibility index (Phi) is 4.57. The number of amides is 1. The second-order valence-electron chi connectivity index (χ2n) is 7.95. The molecule has 0 aliphatic carbocycles. The van der Waals surface area contributed by atoms with Crippen molar-refractivity contribution in [1.82, 2.24) is 10.3 Å². The summed E-state index contributed by atoms with van der Waals surface area (Å²) in [6.45, 7) is 3.34. The zero-order valence-electron chi connectivity index (χ0n) is 16.7. The molecule has 0 radical (unpaired) electrons. The van der Waals surface area contributed by atoms with Crippen molar-refractivity contribution in [2.75, 3.05) is 0 Å². The molecule has 10 heteroatoms. The van der Waals surface area contributed by atoms with Crippen molar-refractivity contribution in [3.63, 3.8) is 0 Å². The topological polar surface area (TPSA) is 123 Å². The first-order chi connectivity index (χ1) is 14.6. The van der Waals surface area contributed by atoms with Gasteiger partial charge < -0.3 is 20.5 Å². The van der Waals surface area contributed by atoms with Crippen molar-refractivity contribution >= 4 is 11.9 Å². The van der Waals surface area contributed by atoms with Crippen LogP contribution in [-0.4, -0.2) is 34.7 Å². The summed E-state index contributed by atoms with van der Waals surface area (Å²) in [4.78, 5) is 20.6. The molecular formula is C21H19F2N5O3. The predicted octanol–water partition coefficient (Wildman–Crippen LogP) is 2.45. The highest BCUT2D eigenvalue weighted by Gasteiger charge is 2.68. The van der Waals surface area contributed by atoms with Crippen LogP contribution >= 0.6 is 0 Å².